The Bertz CT molecular complexity index is 525. The van der Waals surface area contributed by atoms with E-state index in [2.05, 4.69) is 11.4 Å². The fourth-order valence-electron chi connectivity index (χ4n) is 1.47. The van der Waals surface area contributed by atoms with Gasteiger partial charge in [-0.25, -0.2) is 0 Å². The summed E-state index contributed by atoms with van der Waals surface area (Å²) in [6, 6.07) is 14.0. The Balaban J connectivity index is 1.93. The number of nitrogens with one attached hydrogen (secondary N) is 1. The van der Waals surface area contributed by atoms with Crippen molar-refractivity contribution in [2.24, 2.45) is 0 Å². The first-order chi connectivity index (χ1) is 8.28. The molecule has 0 radical (unpaired) electrons. The van der Waals surface area contributed by atoms with Crippen LogP contribution in [0.25, 0.3) is 0 Å². The molecule has 0 aliphatic heterocycles. The predicted molar refractivity (Wildman–Crippen MR) is 72.4 cm³/mol. The minimum absolute atomic E-state index is 0.459. The lowest BCUT2D eigenvalue weighted by molar-refractivity contribution is 1.18. The Hall–Kier alpha value is -1.50. The average molecular weight is 263 g/mol. The van der Waals surface area contributed by atoms with Crippen molar-refractivity contribution in [2.75, 3.05) is 5.32 Å². The second-order valence-corrected chi connectivity index (χ2v) is 5.39. The van der Waals surface area contributed by atoms with Crippen LogP contribution < -0.4 is 5.32 Å². The standard InChI is InChI=1S/C13H11ClN2S/c14-13-6-5-12(17-13)9-16-11-3-1-10(2-4-11)7-8-15/h1-6,16H,7,9H2. The van der Waals surface area contributed by atoms with Gasteiger partial charge in [-0.2, -0.15) is 5.26 Å². The van der Waals surface area contributed by atoms with Crippen molar-refractivity contribution in [3.05, 3.63) is 51.2 Å². The summed E-state index contributed by atoms with van der Waals surface area (Å²) in [5.41, 5.74) is 2.09. The number of nitrogens with zero attached hydrogens (tertiary/aromatic N) is 1. The van der Waals surface area contributed by atoms with Gasteiger partial charge < -0.3 is 5.32 Å². The number of hydrogen-bond donors (Lipinski definition) is 1. The summed E-state index contributed by atoms with van der Waals surface area (Å²) in [6.07, 6.45) is 0.459. The topological polar surface area (TPSA) is 35.8 Å². The summed E-state index contributed by atoms with van der Waals surface area (Å²) in [7, 11) is 0. The fraction of sp³-hybridized carbons (Fsp3) is 0.154. The van der Waals surface area contributed by atoms with Gasteiger partial charge in [0.1, 0.15) is 0 Å². The van der Waals surface area contributed by atoms with Crippen LogP contribution in [0.5, 0.6) is 0 Å². The molecule has 1 heterocycles. The Morgan fingerprint density at radius 1 is 1.18 bits per heavy atom. The van der Waals surface area contributed by atoms with Crippen LogP contribution >= 0.6 is 22.9 Å². The van der Waals surface area contributed by atoms with E-state index in [0.717, 1.165) is 22.1 Å². The predicted octanol–water partition coefficient (Wildman–Crippen LogP) is 4.08. The molecule has 1 aromatic heterocycles. The highest BCUT2D eigenvalue weighted by Gasteiger charge is 1.98. The maximum atomic E-state index is 8.57. The molecule has 1 aromatic carbocycles. The minimum atomic E-state index is 0.459. The van der Waals surface area contributed by atoms with E-state index in [0.29, 0.717) is 6.42 Å². The van der Waals surface area contributed by atoms with Gasteiger partial charge in [0.15, 0.2) is 0 Å². The van der Waals surface area contributed by atoms with Crippen molar-refractivity contribution >= 4 is 28.6 Å². The highest BCUT2D eigenvalue weighted by atomic mass is 35.5. The largest absolute Gasteiger partial charge is 0.380 e. The van der Waals surface area contributed by atoms with E-state index < -0.39 is 0 Å². The number of hydrogen-bond acceptors (Lipinski definition) is 3. The van der Waals surface area contributed by atoms with Gasteiger partial charge in [0, 0.05) is 17.1 Å². The van der Waals surface area contributed by atoms with Gasteiger partial charge >= 0.3 is 0 Å². The number of rotatable bonds is 4. The molecular formula is C13H11ClN2S. The molecular weight excluding hydrogens is 252 g/mol. The van der Waals surface area contributed by atoms with E-state index in [1.165, 1.54) is 4.88 Å². The maximum Gasteiger partial charge on any atom is 0.0931 e. The highest BCUT2D eigenvalue weighted by molar-refractivity contribution is 7.16. The average Bonchev–Trinajstić information content (AvgIpc) is 2.75. The zero-order valence-corrected chi connectivity index (χ0v) is 10.7. The minimum Gasteiger partial charge on any atom is -0.380 e. The molecule has 4 heteroatoms. The molecule has 17 heavy (non-hydrogen) atoms. The summed E-state index contributed by atoms with van der Waals surface area (Å²) in [5.74, 6) is 0. The van der Waals surface area contributed by atoms with Crippen LogP contribution in [0.3, 0.4) is 0 Å². The number of anilines is 1. The molecule has 0 fully saturated rings. The number of benzene rings is 1. The smallest absolute Gasteiger partial charge is 0.0931 e. The van der Waals surface area contributed by atoms with Gasteiger partial charge in [-0.3, -0.25) is 0 Å². The molecule has 0 aliphatic carbocycles. The highest BCUT2D eigenvalue weighted by Crippen LogP contribution is 2.22. The van der Waals surface area contributed by atoms with Crippen LogP contribution in [0.15, 0.2) is 36.4 Å². The molecule has 0 saturated heterocycles. The number of thiophene rings is 1. The molecule has 86 valence electrons. The maximum absolute atomic E-state index is 8.57. The lowest BCUT2D eigenvalue weighted by Gasteiger charge is -2.05. The lowest BCUT2D eigenvalue weighted by Crippen LogP contribution is -1.97. The molecule has 2 nitrogen and oxygen atoms in total. The second-order valence-electron chi connectivity index (χ2n) is 3.59. The zero-order valence-electron chi connectivity index (χ0n) is 9.11. The molecule has 0 saturated carbocycles. The van der Waals surface area contributed by atoms with Gasteiger partial charge in [-0.1, -0.05) is 23.7 Å². The third kappa shape index (κ3) is 3.48. The molecule has 0 spiro atoms. The molecule has 0 atom stereocenters. The molecule has 0 bridgehead atoms. The van der Waals surface area contributed by atoms with Gasteiger partial charge in [-0.05, 0) is 29.8 Å². The van der Waals surface area contributed by atoms with Crippen molar-refractivity contribution in [3.63, 3.8) is 0 Å². The van der Waals surface area contributed by atoms with Gasteiger partial charge in [0.25, 0.3) is 0 Å². The monoisotopic (exact) mass is 262 g/mol. The fourth-order valence-corrected chi connectivity index (χ4v) is 2.49. The molecule has 1 N–H and O–H groups in total. The third-order valence-electron chi connectivity index (χ3n) is 2.33. The quantitative estimate of drug-likeness (QED) is 0.901. The van der Waals surface area contributed by atoms with Crippen molar-refractivity contribution in [2.45, 2.75) is 13.0 Å². The summed E-state index contributed by atoms with van der Waals surface area (Å²) < 4.78 is 0.811. The third-order valence-corrected chi connectivity index (χ3v) is 3.56. The number of nitriles is 1. The van der Waals surface area contributed by atoms with Crippen molar-refractivity contribution in [3.8, 4) is 6.07 Å². The molecule has 0 unspecified atom stereocenters. The number of halogens is 1. The Kier molecular flexibility index (Phi) is 4.03. The van der Waals surface area contributed by atoms with Crippen LogP contribution in [0.2, 0.25) is 4.34 Å². The summed E-state index contributed by atoms with van der Waals surface area (Å²) >= 11 is 7.44. The van der Waals surface area contributed by atoms with Crippen molar-refractivity contribution in [1.82, 2.24) is 0 Å². The van der Waals surface area contributed by atoms with Crippen molar-refractivity contribution in [1.29, 1.82) is 5.26 Å². The molecule has 0 aliphatic rings. The summed E-state index contributed by atoms with van der Waals surface area (Å²) in [5, 5.41) is 11.9. The second kappa shape index (κ2) is 5.72. The summed E-state index contributed by atoms with van der Waals surface area (Å²) in [4.78, 5) is 1.20. The van der Waals surface area contributed by atoms with E-state index in [4.69, 9.17) is 16.9 Å². The van der Waals surface area contributed by atoms with E-state index in [1.54, 1.807) is 11.3 Å². The molecule has 2 rings (SSSR count). The van der Waals surface area contributed by atoms with E-state index >= 15 is 0 Å². The van der Waals surface area contributed by atoms with E-state index in [-0.39, 0.29) is 0 Å². The van der Waals surface area contributed by atoms with Crippen LogP contribution in [0, 0.1) is 11.3 Å². The Morgan fingerprint density at radius 3 is 2.53 bits per heavy atom. The van der Waals surface area contributed by atoms with Crippen LogP contribution in [-0.2, 0) is 13.0 Å². The first-order valence-electron chi connectivity index (χ1n) is 5.22. The van der Waals surface area contributed by atoms with Gasteiger partial charge in [-0.15, -0.1) is 11.3 Å². The normalized spacial score (nSPS) is 9.88. The van der Waals surface area contributed by atoms with Gasteiger partial charge in [0.05, 0.1) is 16.8 Å². The SMILES string of the molecule is N#CCc1ccc(NCc2ccc(Cl)s2)cc1. The summed E-state index contributed by atoms with van der Waals surface area (Å²) in [6.45, 7) is 0.773. The zero-order chi connectivity index (χ0) is 12.1. The van der Waals surface area contributed by atoms with E-state index in [9.17, 15) is 0 Å². The molecule has 0 amide bonds. The Labute approximate surface area is 109 Å². The first kappa shape index (κ1) is 12.0. The molecule has 2 aromatic rings. The van der Waals surface area contributed by atoms with Crippen molar-refractivity contribution < 1.29 is 0 Å². The van der Waals surface area contributed by atoms with E-state index in [1.807, 2.05) is 36.4 Å². The van der Waals surface area contributed by atoms with Gasteiger partial charge in [0.2, 0.25) is 0 Å². The van der Waals surface area contributed by atoms with Crippen LogP contribution in [-0.4, -0.2) is 0 Å². The Morgan fingerprint density at radius 2 is 1.94 bits per heavy atom. The lowest BCUT2D eigenvalue weighted by atomic mass is 10.1. The van der Waals surface area contributed by atoms with Crippen LogP contribution in [0.4, 0.5) is 5.69 Å². The first-order valence-corrected chi connectivity index (χ1v) is 6.41. The van der Waals surface area contributed by atoms with Crippen LogP contribution in [0.1, 0.15) is 10.4 Å².